The predicted molar refractivity (Wildman–Crippen MR) is 109 cm³/mol. The van der Waals surface area contributed by atoms with Crippen LogP contribution >= 0.6 is 0 Å². The summed E-state index contributed by atoms with van der Waals surface area (Å²) in [5, 5.41) is 5.71. The molecule has 1 aromatic carbocycles. The summed E-state index contributed by atoms with van der Waals surface area (Å²) in [6.07, 6.45) is -6.36. The van der Waals surface area contributed by atoms with E-state index in [0.717, 1.165) is 11.1 Å². The maximum Gasteiger partial charge on any atom is 0.406 e. The van der Waals surface area contributed by atoms with Crippen molar-refractivity contribution < 1.29 is 26.7 Å². The fourth-order valence-electron chi connectivity index (χ4n) is 3.40. The van der Waals surface area contributed by atoms with Crippen LogP contribution in [-0.2, 0) is 6.42 Å². The molecule has 2 aromatic rings. The number of benzene rings is 1. The Labute approximate surface area is 180 Å². The van der Waals surface area contributed by atoms with Crippen LogP contribution in [-0.4, -0.2) is 54.2 Å². The van der Waals surface area contributed by atoms with Crippen molar-refractivity contribution in [3.8, 4) is 0 Å². The molecule has 6 N–H and O–H groups in total. The molecule has 1 aliphatic rings. The number of amides is 1. The molecule has 0 radical (unpaired) electrons. The van der Waals surface area contributed by atoms with Crippen molar-refractivity contribution in [2.45, 2.75) is 31.5 Å². The second-order valence-corrected chi connectivity index (χ2v) is 7.24. The zero-order valence-electron chi connectivity index (χ0n) is 16.8. The second-order valence-electron chi connectivity index (χ2n) is 7.24. The number of nitrogens with one attached hydrogen (secondary N) is 2. The van der Waals surface area contributed by atoms with Crippen molar-refractivity contribution in [1.29, 1.82) is 0 Å². The minimum absolute atomic E-state index is 0.149. The Balaban J connectivity index is 2.03. The quantitative estimate of drug-likeness (QED) is 0.425. The minimum Gasteiger partial charge on any atom is -0.384 e. The van der Waals surface area contributed by atoms with Crippen LogP contribution in [0.1, 0.15) is 22.3 Å². The van der Waals surface area contributed by atoms with E-state index in [-0.39, 0.29) is 29.6 Å². The van der Waals surface area contributed by atoms with Crippen LogP contribution in [0, 0.1) is 0 Å². The molecule has 3 rings (SSSR count). The van der Waals surface area contributed by atoms with Gasteiger partial charge < -0.3 is 27.0 Å². The molecule has 0 saturated heterocycles. The highest BCUT2D eigenvalue weighted by molar-refractivity contribution is 5.98. The molecule has 8 nitrogen and oxygen atoms in total. The number of nitrogens with zero attached hydrogens (tertiary/aromatic N) is 3. The molecule has 1 unspecified atom stereocenters. The summed E-state index contributed by atoms with van der Waals surface area (Å²) < 4.78 is 65.5. The van der Waals surface area contributed by atoms with Crippen molar-refractivity contribution >= 4 is 29.0 Å². The fourth-order valence-corrected chi connectivity index (χ4v) is 3.40. The number of carbonyl (C=O) groups is 1. The first-order chi connectivity index (χ1) is 15.0. The normalized spacial score (nSPS) is 14.1. The summed E-state index contributed by atoms with van der Waals surface area (Å²) in [6, 6.07) is 3.89. The van der Waals surface area contributed by atoms with Crippen molar-refractivity contribution in [2.75, 3.05) is 35.2 Å². The van der Waals surface area contributed by atoms with E-state index in [1.807, 2.05) is 0 Å². The predicted octanol–water partition coefficient (Wildman–Crippen LogP) is 2.64. The summed E-state index contributed by atoms with van der Waals surface area (Å²) in [4.78, 5) is 20.8. The molecule has 32 heavy (non-hydrogen) atoms. The van der Waals surface area contributed by atoms with Crippen molar-refractivity contribution in [3.05, 3.63) is 35.5 Å². The largest absolute Gasteiger partial charge is 0.406 e. The molecule has 2 heterocycles. The lowest BCUT2D eigenvalue weighted by Crippen LogP contribution is -2.34. The molecule has 0 spiro atoms. The SMILES string of the molecule is NC(=O)c1cnc(NCC(N)CC(F)F)nc1N(CC(F)(F)F)c1cccc2c1CCN2. The van der Waals surface area contributed by atoms with Gasteiger partial charge in [0.1, 0.15) is 12.1 Å². The maximum atomic E-state index is 13.5. The fraction of sp³-hybridized carbons (Fsp3) is 0.421. The number of anilines is 4. The number of carbonyl (C=O) groups excluding carboxylic acids is 1. The highest BCUT2D eigenvalue weighted by Gasteiger charge is 2.35. The van der Waals surface area contributed by atoms with Crippen LogP contribution in [0.25, 0.3) is 0 Å². The van der Waals surface area contributed by atoms with Gasteiger partial charge in [0.05, 0.1) is 0 Å². The van der Waals surface area contributed by atoms with Crippen LogP contribution < -0.4 is 27.0 Å². The van der Waals surface area contributed by atoms with E-state index in [1.54, 1.807) is 12.1 Å². The molecule has 1 amide bonds. The van der Waals surface area contributed by atoms with E-state index in [1.165, 1.54) is 6.07 Å². The number of halogens is 5. The number of alkyl halides is 5. The highest BCUT2D eigenvalue weighted by Crippen LogP contribution is 2.38. The molecule has 1 aromatic heterocycles. The van der Waals surface area contributed by atoms with E-state index in [4.69, 9.17) is 11.5 Å². The van der Waals surface area contributed by atoms with Crippen molar-refractivity contribution in [1.82, 2.24) is 9.97 Å². The monoisotopic (exact) mass is 459 g/mol. The first-order valence-corrected chi connectivity index (χ1v) is 9.69. The van der Waals surface area contributed by atoms with Crippen molar-refractivity contribution in [2.24, 2.45) is 11.5 Å². The molecular weight excluding hydrogens is 437 g/mol. The molecule has 13 heteroatoms. The summed E-state index contributed by atoms with van der Waals surface area (Å²) in [5.41, 5.74) is 12.2. The summed E-state index contributed by atoms with van der Waals surface area (Å²) in [7, 11) is 0. The smallest absolute Gasteiger partial charge is 0.384 e. The maximum absolute atomic E-state index is 13.5. The molecule has 0 bridgehead atoms. The number of hydrogen-bond donors (Lipinski definition) is 4. The standard InChI is InChI=1S/C19H22F5N7O/c20-15(21)6-10(25)7-28-18-29-8-12(16(26)32)17(30-18)31(9-19(22,23)24)14-3-1-2-13-11(14)4-5-27-13/h1-3,8,10,15,27H,4-7,9,25H2,(H2,26,32)(H,28,29,30). The molecule has 0 fully saturated rings. The zero-order valence-corrected chi connectivity index (χ0v) is 16.8. The Morgan fingerprint density at radius 2 is 2.06 bits per heavy atom. The molecule has 174 valence electrons. The lowest BCUT2D eigenvalue weighted by Gasteiger charge is -2.28. The first kappa shape index (κ1) is 23.4. The van der Waals surface area contributed by atoms with E-state index in [9.17, 15) is 26.7 Å². The topological polar surface area (TPSA) is 122 Å². The van der Waals surface area contributed by atoms with Crippen molar-refractivity contribution in [3.63, 3.8) is 0 Å². The first-order valence-electron chi connectivity index (χ1n) is 9.69. The van der Waals surface area contributed by atoms with Gasteiger partial charge in [0.25, 0.3) is 5.91 Å². The molecule has 0 saturated carbocycles. The van der Waals surface area contributed by atoms with Crippen LogP contribution in [0.3, 0.4) is 0 Å². The van der Waals surface area contributed by atoms with Gasteiger partial charge in [0, 0.05) is 48.7 Å². The summed E-state index contributed by atoms with van der Waals surface area (Å²) in [5.74, 6) is -1.54. The lowest BCUT2D eigenvalue weighted by molar-refractivity contribution is -0.118. The van der Waals surface area contributed by atoms with Gasteiger partial charge in [-0.25, -0.2) is 13.8 Å². The van der Waals surface area contributed by atoms with Gasteiger partial charge in [-0.15, -0.1) is 0 Å². The molecule has 1 atom stereocenters. The number of hydrogen-bond acceptors (Lipinski definition) is 7. The van der Waals surface area contributed by atoms with E-state index < -0.39 is 37.5 Å². The van der Waals surface area contributed by atoms with Gasteiger partial charge in [-0.3, -0.25) is 4.79 Å². The molecule has 1 aliphatic heterocycles. The van der Waals surface area contributed by atoms with Crippen LogP contribution in [0.2, 0.25) is 0 Å². The number of rotatable bonds is 9. The van der Waals surface area contributed by atoms with Gasteiger partial charge in [-0.2, -0.15) is 18.2 Å². The van der Waals surface area contributed by atoms with Gasteiger partial charge in [-0.1, -0.05) is 6.07 Å². The Bertz CT molecular complexity index is 970. The van der Waals surface area contributed by atoms with Gasteiger partial charge in [0.2, 0.25) is 12.4 Å². The zero-order chi connectivity index (χ0) is 23.5. The van der Waals surface area contributed by atoms with Gasteiger partial charge in [0.15, 0.2) is 5.82 Å². The van der Waals surface area contributed by atoms with Gasteiger partial charge >= 0.3 is 6.18 Å². The summed E-state index contributed by atoms with van der Waals surface area (Å²) in [6.45, 7) is -1.04. The number of nitrogens with two attached hydrogens (primary N) is 2. The van der Waals surface area contributed by atoms with E-state index in [2.05, 4.69) is 20.6 Å². The Morgan fingerprint density at radius 1 is 1.31 bits per heavy atom. The van der Waals surface area contributed by atoms with Crippen LogP contribution in [0.5, 0.6) is 0 Å². The number of aromatic nitrogens is 2. The second kappa shape index (κ2) is 9.51. The van der Waals surface area contributed by atoms with Gasteiger partial charge in [-0.05, 0) is 18.6 Å². The Kier molecular flexibility index (Phi) is 6.96. The lowest BCUT2D eigenvalue weighted by atomic mass is 10.1. The Morgan fingerprint density at radius 3 is 2.72 bits per heavy atom. The third-order valence-electron chi connectivity index (χ3n) is 4.76. The molecular formula is C19H22F5N7O. The van der Waals surface area contributed by atoms with Crippen LogP contribution in [0.4, 0.5) is 45.1 Å². The average molecular weight is 459 g/mol. The minimum atomic E-state index is -4.64. The number of primary amides is 1. The Hall–Kier alpha value is -3.22. The van der Waals surface area contributed by atoms with Crippen LogP contribution in [0.15, 0.2) is 24.4 Å². The summed E-state index contributed by atoms with van der Waals surface area (Å²) >= 11 is 0. The molecule has 0 aliphatic carbocycles. The number of fused-ring (bicyclic) bond motifs is 1. The van der Waals surface area contributed by atoms with E-state index >= 15 is 0 Å². The highest BCUT2D eigenvalue weighted by atomic mass is 19.4. The average Bonchev–Trinajstić information content (AvgIpc) is 3.18. The van der Waals surface area contributed by atoms with E-state index in [0.29, 0.717) is 24.2 Å². The third-order valence-corrected chi connectivity index (χ3v) is 4.76. The third kappa shape index (κ3) is 5.72.